The van der Waals surface area contributed by atoms with Gasteiger partial charge in [-0.3, -0.25) is 9.59 Å². The van der Waals surface area contributed by atoms with Gasteiger partial charge in [-0.1, -0.05) is 35.3 Å². The molecule has 1 amide bonds. The number of carbonyl (C=O) groups is 2. The van der Waals surface area contributed by atoms with Crippen molar-refractivity contribution in [1.29, 1.82) is 0 Å². The van der Waals surface area contributed by atoms with Gasteiger partial charge in [-0.05, 0) is 49.2 Å². The number of methoxy groups -OCH3 is 1. The summed E-state index contributed by atoms with van der Waals surface area (Å²) < 4.78 is 10.6. The Morgan fingerprint density at radius 3 is 2.66 bits per heavy atom. The van der Waals surface area contributed by atoms with Crippen LogP contribution in [0, 0.1) is 0 Å². The van der Waals surface area contributed by atoms with Gasteiger partial charge in [0.05, 0.1) is 35.2 Å². The van der Waals surface area contributed by atoms with Gasteiger partial charge in [-0.25, -0.2) is 0 Å². The van der Waals surface area contributed by atoms with Crippen molar-refractivity contribution in [3.05, 3.63) is 57.6 Å². The summed E-state index contributed by atoms with van der Waals surface area (Å²) in [6.45, 7) is 3.55. The highest BCUT2D eigenvalue weighted by atomic mass is 35.5. The van der Waals surface area contributed by atoms with E-state index in [0.29, 0.717) is 21.5 Å². The summed E-state index contributed by atoms with van der Waals surface area (Å²) in [6, 6.07) is 10.8. The van der Waals surface area contributed by atoms with Gasteiger partial charge in [0.1, 0.15) is 5.75 Å². The maximum atomic E-state index is 12.8. The molecule has 2 unspecified atom stereocenters. The molecule has 8 heteroatoms. The molecular formula is C21H21Cl2NO4S. The molecule has 5 nitrogen and oxygen atoms in total. The van der Waals surface area contributed by atoms with E-state index in [0.717, 1.165) is 11.1 Å². The summed E-state index contributed by atoms with van der Waals surface area (Å²) in [5.41, 5.74) is 2.22. The SMILES string of the molecule is COc1cccc(C2SC(CC(=O)OC(C)C)C(=O)Nc3ccc(Cl)cc32)c1Cl. The Hall–Kier alpha value is -1.89. The number of hydrogen-bond donors (Lipinski definition) is 1. The molecule has 0 spiro atoms. The topological polar surface area (TPSA) is 64.6 Å². The van der Waals surface area contributed by atoms with Gasteiger partial charge in [0.2, 0.25) is 5.91 Å². The first-order chi connectivity index (χ1) is 13.8. The van der Waals surface area contributed by atoms with Crippen LogP contribution in [-0.4, -0.2) is 30.3 Å². The molecule has 0 saturated heterocycles. The first-order valence-corrected chi connectivity index (χ1v) is 10.8. The van der Waals surface area contributed by atoms with E-state index in [9.17, 15) is 9.59 Å². The summed E-state index contributed by atoms with van der Waals surface area (Å²) in [7, 11) is 1.55. The highest BCUT2D eigenvalue weighted by molar-refractivity contribution is 8.01. The van der Waals surface area contributed by atoms with E-state index in [1.165, 1.54) is 11.8 Å². The van der Waals surface area contributed by atoms with Crippen LogP contribution in [0.3, 0.4) is 0 Å². The van der Waals surface area contributed by atoms with Crippen molar-refractivity contribution in [2.24, 2.45) is 0 Å². The van der Waals surface area contributed by atoms with Crippen LogP contribution in [0.1, 0.15) is 36.6 Å². The number of hydrogen-bond acceptors (Lipinski definition) is 5. The number of thioether (sulfide) groups is 1. The Balaban J connectivity index is 2.05. The number of fused-ring (bicyclic) bond motifs is 1. The number of anilines is 1. The monoisotopic (exact) mass is 453 g/mol. The van der Waals surface area contributed by atoms with Crippen LogP contribution in [0.4, 0.5) is 5.69 Å². The van der Waals surface area contributed by atoms with E-state index in [4.69, 9.17) is 32.7 Å². The van der Waals surface area contributed by atoms with Crippen molar-refractivity contribution in [3.8, 4) is 5.75 Å². The summed E-state index contributed by atoms with van der Waals surface area (Å²) in [6.07, 6.45) is -0.296. The van der Waals surface area contributed by atoms with Crippen LogP contribution >= 0.6 is 35.0 Å². The predicted molar refractivity (Wildman–Crippen MR) is 117 cm³/mol. The number of halogens is 2. The lowest BCUT2D eigenvalue weighted by Gasteiger charge is -2.22. The Morgan fingerprint density at radius 1 is 1.21 bits per heavy atom. The van der Waals surface area contributed by atoms with Crippen LogP contribution in [0.15, 0.2) is 36.4 Å². The first kappa shape index (κ1) is 21.8. The molecule has 1 heterocycles. The van der Waals surface area contributed by atoms with Crippen LogP contribution in [-0.2, 0) is 14.3 Å². The van der Waals surface area contributed by atoms with Crippen molar-refractivity contribution in [3.63, 3.8) is 0 Å². The molecule has 1 aliphatic heterocycles. The minimum absolute atomic E-state index is 0.0471. The number of ether oxygens (including phenoxy) is 2. The zero-order chi connectivity index (χ0) is 21.1. The molecule has 0 bridgehead atoms. The molecule has 0 aromatic heterocycles. The zero-order valence-electron chi connectivity index (χ0n) is 16.2. The van der Waals surface area contributed by atoms with Gasteiger partial charge in [-0.2, -0.15) is 0 Å². The van der Waals surface area contributed by atoms with Gasteiger partial charge in [0, 0.05) is 10.7 Å². The smallest absolute Gasteiger partial charge is 0.307 e. The molecule has 0 saturated carbocycles. The molecule has 0 radical (unpaired) electrons. The Bertz CT molecular complexity index is 935. The average molecular weight is 454 g/mol. The summed E-state index contributed by atoms with van der Waals surface area (Å²) in [5.74, 6) is -0.152. The third kappa shape index (κ3) is 5.00. The minimum atomic E-state index is -0.653. The lowest BCUT2D eigenvalue weighted by atomic mass is 10.0. The number of benzene rings is 2. The van der Waals surface area contributed by atoms with E-state index >= 15 is 0 Å². The first-order valence-electron chi connectivity index (χ1n) is 9.07. The van der Waals surface area contributed by atoms with Crippen molar-refractivity contribution in [1.82, 2.24) is 0 Å². The number of amides is 1. The second-order valence-electron chi connectivity index (χ2n) is 6.83. The fourth-order valence-electron chi connectivity index (χ4n) is 3.11. The molecule has 0 aliphatic carbocycles. The predicted octanol–water partition coefficient (Wildman–Crippen LogP) is 5.49. The fraction of sp³-hybridized carbons (Fsp3) is 0.333. The van der Waals surface area contributed by atoms with E-state index in [-0.39, 0.29) is 23.7 Å². The van der Waals surface area contributed by atoms with Crippen LogP contribution in [0.25, 0.3) is 0 Å². The Kier molecular flexibility index (Phi) is 6.98. The normalized spacial score (nSPS) is 18.6. The largest absolute Gasteiger partial charge is 0.495 e. The van der Waals surface area contributed by atoms with Crippen molar-refractivity contribution < 1.29 is 19.1 Å². The van der Waals surface area contributed by atoms with Gasteiger partial charge in [0.15, 0.2) is 0 Å². The fourth-order valence-corrected chi connectivity index (χ4v) is 5.09. The molecule has 2 atom stereocenters. The van der Waals surface area contributed by atoms with Gasteiger partial charge >= 0.3 is 5.97 Å². The molecule has 3 rings (SSSR count). The lowest BCUT2D eigenvalue weighted by Crippen LogP contribution is -2.28. The van der Waals surface area contributed by atoms with E-state index in [2.05, 4.69) is 5.32 Å². The number of carbonyl (C=O) groups excluding carboxylic acids is 2. The molecule has 1 aliphatic rings. The van der Waals surface area contributed by atoms with Crippen LogP contribution < -0.4 is 10.1 Å². The van der Waals surface area contributed by atoms with E-state index < -0.39 is 11.2 Å². The average Bonchev–Trinajstić information content (AvgIpc) is 2.78. The summed E-state index contributed by atoms with van der Waals surface area (Å²) >= 11 is 14.2. The van der Waals surface area contributed by atoms with Crippen molar-refractivity contribution in [2.45, 2.75) is 36.9 Å². The third-order valence-electron chi connectivity index (χ3n) is 4.36. The highest BCUT2D eigenvalue weighted by Gasteiger charge is 2.35. The molecule has 1 N–H and O–H groups in total. The summed E-state index contributed by atoms with van der Waals surface area (Å²) in [4.78, 5) is 25.1. The van der Waals surface area contributed by atoms with Crippen LogP contribution in [0.2, 0.25) is 10.0 Å². The van der Waals surface area contributed by atoms with Crippen molar-refractivity contribution >= 4 is 52.5 Å². The molecule has 0 fully saturated rings. The number of esters is 1. The highest BCUT2D eigenvalue weighted by Crippen LogP contribution is 2.48. The van der Waals surface area contributed by atoms with Gasteiger partial charge in [0.25, 0.3) is 0 Å². The minimum Gasteiger partial charge on any atom is -0.495 e. The second kappa shape index (κ2) is 9.28. The maximum Gasteiger partial charge on any atom is 0.307 e. The maximum absolute atomic E-state index is 12.8. The molecule has 2 aromatic carbocycles. The lowest BCUT2D eigenvalue weighted by molar-refractivity contribution is -0.148. The van der Waals surface area contributed by atoms with Gasteiger partial charge in [-0.15, -0.1) is 11.8 Å². The second-order valence-corrected chi connectivity index (χ2v) is 8.96. The molecule has 2 aromatic rings. The standard InChI is InChI=1S/C21H21Cl2NO4S/c1-11(2)28-18(25)10-17-21(26)24-15-8-7-12(22)9-14(15)20(29-17)13-5-4-6-16(27-3)19(13)23/h4-9,11,17,20H,10H2,1-3H3,(H,24,26). The molecule has 29 heavy (non-hydrogen) atoms. The quantitative estimate of drug-likeness (QED) is 0.606. The van der Waals surface area contributed by atoms with E-state index in [1.807, 2.05) is 12.1 Å². The molecule has 154 valence electrons. The summed E-state index contributed by atoms with van der Waals surface area (Å²) in [5, 5.41) is 2.92. The van der Waals surface area contributed by atoms with Gasteiger partial charge < -0.3 is 14.8 Å². The van der Waals surface area contributed by atoms with Crippen LogP contribution in [0.5, 0.6) is 5.75 Å². The molecular weight excluding hydrogens is 433 g/mol. The van der Waals surface area contributed by atoms with Crippen molar-refractivity contribution in [2.75, 3.05) is 12.4 Å². The Labute approximate surface area is 184 Å². The third-order valence-corrected chi connectivity index (χ3v) is 6.49. The van der Waals surface area contributed by atoms with E-state index in [1.54, 1.807) is 45.2 Å². The Morgan fingerprint density at radius 2 is 1.97 bits per heavy atom. The number of nitrogens with one attached hydrogen (secondary N) is 1. The number of rotatable bonds is 5. The zero-order valence-corrected chi connectivity index (χ0v) is 18.5.